The molecule has 1 aliphatic rings. The Morgan fingerprint density at radius 3 is 2.22 bits per heavy atom. The molecular weight excluding hydrogens is 218 g/mol. The van der Waals surface area contributed by atoms with E-state index in [1.54, 1.807) is 0 Å². The first-order valence-electron chi connectivity index (χ1n) is 8.31. The highest BCUT2D eigenvalue weighted by molar-refractivity contribution is 4.87. The predicted octanol–water partition coefficient (Wildman–Crippen LogP) is 5.28. The Labute approximate surface area is 115 Å². The van der Waals surface area contributed by atoms with Crippen LogP contribution < -0.4 is 5.73 Å². The predicted molar refractivity (Wildman–Crippen MR) is 81.7 cm³/mol. The summed E-state index contributed by atoms with van der Waals surface area (Å²) >= 11 is 0. The number of hydrogen-bond acceptors (Lipinski definition) is 1. The second-order valence-electron chi connectivity index (χ2n) is 7.24. The minimum Gasteiger partial charge on any atom is -0.327 e. The molecule has 0 aliphatic heterocycles. The third-order valence-electron chi connectivity index (χ3n) is 4.76. The Kier molecular flexibility index (Phi) is 7.29. The highest BCUT2D eigenvalue weighted by Gasteiger charge is 2.32. The Bertz CT molecular complexity index is 210. The first-order chi connectivity index (χ1) is 8.55. The number of hydrogen-bond donors (Lipinski definition) is 1. The molecule has 0 saturated heterocycles. The molecule has 0 radical (unpaired) electrons. The van der Waals surface area contributed by atoms with Crippen LogP contribution in [0.15, 0.2) is 0 Å². The molecule has 1 rings (SSSR count). The Hall–Kier alpha value is -0.0400. The van der Waals surface area contributed by atoms with Gasteiger partial charge in [0.05, 0.1) is 0 Å². The number of rotatable bonds is 8. The van der Waals surface area contributed by atoms with Crippen LogP contribution in [0, 0.1) is 11.3 Å². The van der Waals surface area contributed by atoms with Crippen LogP contribution in [-0.2, 0) is 0 Å². The van der Waals surface area contributed by atoms with Gasteiger partial charge in [-0.2, -0.15) is 0 Å². The molecule has 0 spiro atoms. The molecule has 0 heterocycles. The lowest BCUT2D eigenvalue weighted by molar-refractivity contribution is 0.156. The van der Waals surface area contributed by atoms with Gasteiger partial charge in [-0.3, -0.25) is 0 Å². The SMILES string of the molecule is CCCCCCCCC[C@@H]1CCC(C)(C)C[C@H]1N. The molecule has 0 bridgehead atoms. The van der Waals surface area contributed by atoms with Crippen LogP contribution in [0.2, 0.25) is 0 Å². The molecule has 0 aromatic heterocycles. The quantitative estimate of drug-likeness (QED) is 0.585. The van der Waals surface area contributed by atoms with Crippen molar-refractivity contribution >= 4 is 0 Å². The van der Waals surface area contributed by atoms with Crippen molar-refractivity contribution in [3.8, 4) is 0 Å². The normalized spacial score (nSPS) is 27.3. The summed E-state index contributed by atoms with van der Waals surface area (Å²) < 4.78 is 0. The molecule has 0 aromatic rings. The first kappa shape index (κ1) is 16.0. The average molecular weight is 253 g/mol. The zero-order chi connectivity index (χ0) is 13.4. The zero-order valence-electron chi connectivity index (χ0n) is 13.0. The van der Waals surface area contributed by atoms with E-state index < -0.39 is 0 Å². The molecule has 0 amide bonds. The molecule has 2 N–H and O–H groups in total. The summed E-state index contributed by atoms with van der Waals surface area (Å²) in [6.07, 6.45) is 15.3. The van der Waals surface area contributed by atoms with Crippen LogP contribution in [0.25, 0.3) is 0 Å². The third-order valence-corrected chi connectivity index (χ3v) is 4.76. The van der Waals surface area contributed by atoms with Gasteiger partial charge in [-0.15, -0.1) is 0 Å². The van der Waals surface area contributed by atoms with E-state index in [1.807, 2.05) is 0 Å². The maximum atomic E-state index is 6.34. The highest BCUT2D eigenvalue weighted by atomic mass is 14.7. The molecule has 1 fully saturated rings. The van der Waals surface area contributed by atoms with Gasteiger partial charge in [0.2, 0.25) is 0 Å². The lowest BCUT2D eigenvalue weighted by Crippen LogP contribution is -2.39. The topological polar surface area (TPSA) is 26.0 Å². The van der Waals surface area contributed by atoms with Crippen molar-refractivity contribution in [1.82, 2.24) is 0 Å². The van der Waals surface area contributed by atoms with Gasteiger partial charge >= 0.3 is 0 Å². The third kappa shape index (κ3) is 6.22. The van der Waals surface area contributed by atoms with E-state index in [0.29, 0.717) is 11.5 Å². The number of unbranched alkanes of at least 4 members (excludes halogenated alkanes) is 6. The maximum Gasteiger partial charge on any atom is 0.00722 e. The van der Waals surface area contributed by atoms with Gasteiger partial charge in [0.15, 0.2) is 0 Å². The number of nitrogens with two attached hydrogens (primary N) is 1. The van der Waals surface area contributed by atoms with Gasteiger partial charge < -0.3 is 5.73 Å². The average Bonchev–Trinajstić information content (AvgIpc) is 2.29. The van der Waals surface area contributed by atoms with Crippen molar-refractivity contribution in [3.05, 3.63) is 0 Å². The fourth-order valence-corrected chi connectivity index (χ4v) is 3.42. The molecule has 1 nitrogen and oxygen atoms in total. The van der Waals surface area contributed by atoms with E-state index >= 15 is 0 Å². The monoisotopic (exact) mass is 253 g/mol. The molecule has 18 heavy (non-hydrogen) atoms. The van der Waals surface area contributed by atoms with Gasteiger partial charge in [-0.1, -0.05) is 65.7 Å². The smallest absolute Gasteiger partial charge is 0.00722 e. The molecule has 1 aliphatic carbocycles. The van der Waals surface area contributed by atoms with Crippen LogP contribution in [0.1, 0.15) is 91.4 Å². The zero-order valence-corrected chi connectivity index (χ0v) is 13.0. The van der Waals surface area contributed by atoms with Crippen LogP contribution in [0.3, 0.4) is 0 Å². The fraction of sp³-hybridized carbons (Fsp3) is 1.00. The van der Waals surface area contributed by atoms with E-state index in [-0.39, 0.29) is 0 Å². The summed E-state index contributed by atoms with van der Waals surface area (Å²) in [5, 5.41) is 0. The van der Waals surface area contributed by atoms with Crippen LogP contribution in [0.5, 0.6) is 0 Å². The van der Waals surface area contributed by atoms with E-state index in [1.165, 1.54) is 70.6 Å². The van der Waals surface area contributed by atoms with Crippen molar-refractivity contribution in [1.29, 1.82) is 0 Å². The first-order valence-corrected chi connectivity index (χ1v) is 8.31. The van der Waals surface area contributed by atoms with E-state index in [4.69, 9.17) is 5.73 Å². The van der Waals surface area contributed by atoms with Gasteiger partial charge in [0, 0.05) is 6.04 Å². The summed E-state index contributed by atoms with van der Waals surface area (Å²) in [5.41, 5.74) is 6.83. The van der Waals surface area contributed by atoms with Crippen LogP contribution in [0.4, 0.5) is 0 Å². The molecule has 1 heteroatoms. The lowest BCUT2D eigenvalue weighted by Gasteiger charge is -2.39. The summed E-state index contributed by atoms with van der Waals surface area (Å²) in [6, 6.07) is 0.467. The lowest BCUT2D eigenvalue weighted by atomic mass is 9.69. The van der Waals surface area contributed by atoms with Gasteiger partial charge in [0.25, 0.3) is 0 Å². The molecule has 0 aromatic carbocycles. The van der Waals surface area contributed by atoms with E-state index in [9.17, 15) is 0 Å². The summed E-state index contributed by atoms with van der Waals surface area (Å²) in [6.45, 7) is 7.03. The Balaban J connectivity index is 2.02. The highest BCUT2D eigenvalue weighted by Crippen LogP contribution is 2.39. The fourth-order valence-electron chi connectivity index (χ4n) is 3.42. The van der Waals surface area contributed by atoms with Crippen molar-refractivity contribution in [2.75, 3.05) is 0 Å². The maximum absolute atomic E-state index is 6.34. The molecule has 108 valence electrons. The minimum atomic E-state index is 0.467. The second-order valence-corrected chi connectivity index (χ2v) is 7.24. The van der Waals surface area contributed by atoms with Crippen molar-refractivity contribution in [2.24, 2.45) is 17.1 Å². The summed E-state index contributed by atoms with van der Waals surface area (Å²) in [7, 11) is 0. The standard InChI is InChI=1S/C17H35N/c1-4-5-6-7-8-9-10-11-15-12-13-17(2,3)14-16(15)18/h15-16H,4-14,18H2,1-3H3/t15-,16-/m1/s1. The van der Waals surface area contributed by atoms with Gasteiger partial charge in [-0.25, -0.2) is 0 Å². The van der Waals surface area contributed by atoms with Gasteiger partial charge in [0.1, 0.15) is 0 Å². The van der Waals surface area contributed by atoms with E-state index in [2.05, 4.69) is 20.8 Å². The van der Waals surface area contributed by atoms with Crippen molar-refractivity contribution in [2.45, 2.75) is 97.4 Å². The second kappa shape index (κ2) is 8.19. The Morgan fingerprint density at radius 2 is 1.61 bits per heavy atom. The largest absolute Gasteiger partial charge is 0.327 e. The van der Waals surface area contributed by atoms with E-state index in [0.717, 1.165) is 5.92 Å². The van der Waals surface area contributed by atoms with Crippen LogP contribution >= 0.6 is 0 Å². The van der Waals surface area contributed by atoms with Gasteiger partial charge in [-0.05, 0) is 37.0 Å². The van der Waals surface area contributed by atoms with Crippen LogP contribution in [-0.4, -0.2) is 6.04 Å². The minimum absolute atomic E-state index is 0.467. The molecule has 0 unspecified atom stereocenters. The van der Waals surface area contributed by atoms with Crippen molar-refractivity contribution < 1.29 is 0 Å². The summed E-state index contributed by atoms with van der Waals surface area (Å²) in [4.78, 5) is 0. The Morgan fingerprint density at radius 1 is 1.00 bits per heavy atom. The van der Waals surface area contributed by atoms with Crippen molar-refractivity contribution in [3.63, 3.8) is 0 Å². The summed E-state index contributed by atoms with van der Waals surface area (Å²) in [5.74, 6) is 0.814. The molecular formula is C17H35N. The molecule has 1 saturated carbocycles. The molecule has 2 atom stereocenters.